The van der Waals surface area contributed by atoms with Crippen LogP contribution in [-0.4, -0.2) is 6.18 Å². The van der Waals surface area contributed by atoms with Crippen LogP contribution in [-0.2, 0) is 0 Å². The molecule has 0 fully saturated rings. The third-order valence-corrected chi connectivity index (χ3v) is 2.33. The predicted molar refractivity (Wildman–Crippen MR) is 54.0 cm³/mol. The Balaban J connectivity index is 3.09. The van der Waals surface area contributed by atoms with Crippen LogP contribution in [0.2, 0.25) is 0 Å². The Morgan fingerprint density at radius 3 is 2.40 bits per heavy atom. The van der Waals surface area contributed by atoms with Crippen LogP contribution >= 0.6 is 27.5 Å². The minimum Gasteiger partial charge on any atom is -0.206 e. The maximum Gasteiger partial charge on any atom is 0.426 e. The molecule has 0 nitrogen and oxygen atoms in total. The molecule has 0 atom stereocenters. The van der Waals surface area contributed by atoms with Crippen molar-refractivity contribution in [3.05, 3.63) is 39.1 Å². The summed E-state index contributed by atoms with van der Waals surface area (Å²) in [4.78, 5) is 0. The van der Waals surface area contributed by atoms with Crippen molar-refractivity contribution >= 4 is 33.6 Å². The second-order valence-electron chi connectivity index (χ2n) is 2.66. The van der Waals surface area contributed by atoms with Crippen molar-refractivity contribution in [1.82, 2.24) is 0 Å². The van der Waals surface area contributed by atoms with E-state index in [1.54, 1.807) is 0 Å². The highest BCUT2D eigenvalue weighted by Crippen LogP contribution is 2.31. The van der Waals surface area contributed by atoms with E-state index in [1.807, 2.05) is 0 Å². The van der Waals surface area contributed by atoms with Crippen molar-refractivity contribution in [3.8, 4) is 0 Å². The Hall–Kier alpha value is -0.550. The van der Waals surface area contributed by atoms with E-state index in [0.29, 0.717) is 10.5 Å². The number of rotatable bonds is 1. The first-order chi connectivity index (χ1) is 6.80. The van der Waals surface area contributed by atoms with Crippen molar-refractivity contribution < 1.29 is 17.6 Å². The topological polar surface area (TPSA) is 0 Å². The van der Waals surface area contributed by atoms with Gasteiger partial charge >= 0.3 is 6.18 Å². The van der Waals surface area contributed by atoms with Gasteiger partial charge in [-0.1, -0.05) is 33.6 Å². The highest BCUT2D eigenvalue weighted by Gasteiger charge is 2.32. The SMILES string of the molecule is Fc1cc(Br)ccc1C=C(Cl)C(F)(F)F. The molecule has 1 aromatic carbocycles. The molecule has 1 rings (SSSR count). The van der Waals surface area contributed by atoms with Gasteiger partial charge in [-0.25, -0.2) is 4.39 Å². The fourth-order valence-corrected chi connectivity index (χ4v) is 1.29. The van der Waals surface area contributed by atoms with Gasteiger partial charge in [-0.15, -0.1) is 0 Å². The van der Waals surface area contributed by atoms with Crippen molar-refractivity contribution in [3.63, 3.8) is 0 Å². The number of hydrogen-bond acceptors (Lipinski definition) is 0. The van der Waals surface area contributed by atoms with Gasteiger partial charge in [0.1, 0.15) is 10.8 Å². The Labute approximate surface area is 96.7 Å². The Bertz CT molecular complexity index is 398. The van der Waals surface area contributed by atoms with Crippen LogP contribution in [0.4, 0.5) is 17.6 Å². The Morgan fingerprint density at radius 2 is 1.93 bits per heavy atom. The second-order valence-corrected chi connectivity index (χ2v) is 3.98. The summed E-state index contributed by atoms with van der Waals surface area (Å²) in [6.07, 6.45) is -4.11. The molecule has 0 aliphatic heterocycles. The normalized spacial score (nSPS) is 13.1. The minimum absolute atomic E-state index is 0.208. The molecule has 0 aliphatic carbocycles. The molecule has 0 radical (unpaired) electrons. The molecule has 0 amide bonds. The van der Waals surface area contributed by atoms with E-state index in [9.17, 15) is 17.6 Å². The molecule has 1 aromatic rings. The molecule has 0 N–H and O–H groups in total. The van der Waals surface area contributed by atoms with Crippen LogP contribution in [0.15, 0.2) is 27.7 Å². The average molecular weight is 303 g/mol. The highest BCUT2D eigenvalue weighted by molar-refractivity contribution is 9.10. The summed E-state index contributed by atoms with van der Waals surface area (Å²) in [5, 5.41) is -1.36. The number of hydrogen-bond donors (Lipinski definition) is 0. The zero-order valence-electron chi connectivity index (χ0n) is 7.08. The number of benzene rings is 1. The quantitative estimate of drug-likeness (QED) is 0.658. The molecular formula is C9H4BrClF4. The molecular weight excluding hydrogens is 299 g/mol. The summed E-state index contributed by atoms with van der Waals surface area (Å²) in [6.45, 7) is 0. The molecule has 0 saturated carbocycles. The lowest BCUT2D eigenvalue weighted by atomic mass is 10.2. The van der Waals surface area contributed by atoms with E-state index < -0.39 is 17.0 Å². The van der Waals surface area contributed by atoms with E-state index in [-0.39, 0.29) is 5.56 Å². The molecule has 0 bridgehead atoms. The summed E-state index contributed by atoms with van der Waals surface area (Å²) in [5.41, 5.74) is -0.208. The van der Waals surface area contributed by atoms with Crippen LogP contribution in [0.1, 0.15) is 5.56 Å². The number of alkyl halides is 3. The van der Waals surface area contributed by atoms with Crippen LogP contribution in [0.3, 0.4) is 0 Å². The van der Waals surface area contributed by atoms with Gasteiger partial charge in [-0.3, -0.25) is 0 Å². The van der Waals surface area contributed by atoms with Gasteiger partial charge < -0.3 is 0 Å². The van der Waals surface area contributed by atoms with Crippen LogP contribution in [0.25, 0.3) is 6.08 Å². The second kappa shape index (κ2) is 4.53. The van der Waals surface area contributed by atoms with Crippen molar-refractivity contribution in [2.45, 2.75) is 6.18 Å². The fourth-order valence-electron chi connectivity index (χ4n) is 0.837. The molecule has 82 valence electrons. The standard InChI is InChI=1S/C9H4BrClF4/c10-6-2-1-5(7(12)4-6)3-8(11)9(13,14)15/h1-4H. The van der Waals surface area contributed by atoms with Crippen molar-refractivity contribution in [1.29, 1.82) is 0 Å². The lowest BCUT2D eigenvalue weighted by molar-refractivity contribution is -0.0836. The minimum atomic E-state index is -4.65. The summed E-state index contributed by atoms with van der Waals surface area (Å²) in [6, 6.07) is 3.69. The average Bonchev–Trinajstić information content (AvgIpc) is 2.08. The maximum atomic E-state index is 13.1. The van der Waals surface area contributed by atoms with E-state index in [1.165, 1.54) is 12.1 Å². The molecule has 0 saturated heterocycles. The Kier molecular flexibility index (Phi) is 3.78. The summed E-state index contributed by atoms with van der Waals surface area (Å²) >= 11 is 7.95. The molecule has 0 aliphatic rings. The van der Waals surface area contributed by atoms with Gasteiger partial charge in [0.2, 0.25) is 0 Å². The lowest BCUT2D eigenvalue weighted by Gasteiger charge is -2.04. The first-order valence-corrected chi connectivity index (χ1v) is 4.87. The summed E-state index contributed by atoms with van der Waals surface area (Å²) in [5.74, 6) is -0.772. The first-order valence-electron chi connectivity index (χ1n) is 3.70. The zero-order valence-corrected chi connectivity index (χ0v) is 9.42. The zero-order chi connectivity index (χ0) is 11.6. The molecule has 0 unspecified atom stereocenters. The fraction of sp³-hybridized carbons (Fsp3) is 0.111. The van der Waals surface area contributed by atoms with Crippen LogP contribution < -0.4 is 0 Å². The lowest BCUT2D eigenvalue weighted by Crippen LogP contribution is -2.06. The summed E-state index contributed by atoms with van der Waals surface area (Å²) < 4.78 is 49.6. The molecule has 6 heteroatoms. The van der Waals surface area contributed by atoms with Gasteiger partial charge in [0.15, 0.2) is 0 Å². The van der Waals surface area contributed by atoms with E-state index in [4.69, 9.17) is 11.6 Å². The largest absolute Gasteiger partial charge is 0.426 e. The van der Waals surface area contributed by atoms with E-state index >= 15 is 0 Å². The van der Waals surface area contributed by atoms with E-state index in [0.717, 1.165) is 6.07 Å². The van der Waals surface area contributed by atoms with Crippen LogP contribution in [0.5, 0.6) is 0 Å². The molecule has 0 spiro atoms. The van der Waals surface area contributed by atoms with Gasteiger partial charge in [-0.05, 0) is 18.2 Å². The van der Waals surface area contributed by atoms with Gasteiger partial charge in [0.25, 0.3) is 0 Å². The highest BCUT2D eigenvalue weighted by atomic mass is 79.9. The van der Waals surface area contributed by atoms with Gasteiger partial charge in [0, 0.05) is 10.0 Å². The first kappa shape index (κ1) is 12.5. The smallest absolute Gasteiger partial charge is 0.206 e. The molecule has 0 heterocycles. The van der Waals surface area contributed by atoms with E-state index in [2.05, 4.69) is 15.9 Å². The van der Waals surface area contributed by atoms with Crippen LogP contribution in [0, 0.1) is 5.82 Å². The predicted octanol–water partition coefficient (Wildman–Crippen LogP) is 4.73. The third-order valence-electron chi connectivity index (χ3n) is 1.52. The van der Waals surface area contributed by atoms with Crippen molar-refractivity contribution in [2.75, 3.05) is 0 Å². The third kappa shape index (κ3) is 3.50. The maximum absolute atomic E-state index is 13.1. The molecule has 15 heavy (non-hydrogen) atoms. The number of halogens is 6. The number of allylic oxidation sites excluding steroid dienone is 1. The Morgan fingerprint density at radius 1 is 1.33 bits per heavy atom. The van der Waals surface area contributed by atoms with Gasteiger partial charge in [0.05, 0.1) is 0 Å². The van der Waals surface area contributed by atoms with Gasteiger partial charge in [-0.2, -0.15) is 13.2 Å². The van der Waals surface area contributed by atoms with Crippen molar-refractivity contribution in [2.24, 2.45) is 0 Å². The monoisotopic (exact) mass is 302 g/mol. The summed E-state index contributed by atoms with van der Waals surface area (Å²) in [7, 11) is 0. The molecule has 0 aromatic heterocycles.